The van der Waals surface area contributed by atoms with E-state index in [-0.39, 0.29) is 87.1 Å². The van der Waals surface area contributed by atoms with Crippen molar-refractivity contribution in [1.82, 2.24) is 0 Å². The van der Waals surface area contributed by atoms with Crippen molar-refractivity contribution in [3.05, 3.63) is 30.3 Å². The fraction of sp³-hybridized carbons (Fsp3) is 0.676. The highest BCUT2D eigenvalue weighted by atomic mass is 28.5. The molecule has 56 heavy (non-hydrogen) atoms. The van der Waals surface area contributed by atoms with E-state index >= 15 is 0 Å². The van der Waals surface area contributed by atoms with Gasteiger partial charge in [-0.1, -0.05) is 60.0 Å². The van der Waals surface area contributed by atoms with Gasteiger partial charge in [-0.25, -0.2) is 0 Å². The average Bonchev–Trinajstić information content (AvgIpc) is 2.96. The van der Waals surface area contributed by atoms with Crippen molar-refractivity contribution in [2.75, 3.05) is 0 Å². The molecule has 0 fully saturated rings. The smallest absolute Gasteiger partial charge is 0.350 e. The van der Waals surface area contributed by atoms with Crippen molar-refractivity contribution in [3.8, 4) is 0 Å². The Morgan fingerprint density at radius 2 is 0.750 bits per heavy atom. The van der Waals surface area contributed by atoms with Crippen LogP contribution in [0.2, 0.25) is 57.4 Å². The molecule has 326 valence electrons. The van der Waals surface area contributed by atoms with Crippen molar-refractivity contribution in [2.45, 2.75) is 145 Å². The first-order valence-corrected chi connectivity index (χ1v) is 28.4. The molecule has 0 aliphatic rings. The number of carboxylic acid groups (broad SMARTS) is 6. The Labute approximate surface area is 338 Å². The summed E-state index contributed by atoms with van der Waals surface area (Å²) in [6.07, 6.45) is -1.23. The summed E-state index contributed by atoms with van der Waals surface area (Å²) in [5, 5.41) is 57.3. The number of rotatable bonds is 28. The summed E-state index contributed by atoms with van der Waals surface area (Å²) in [5.41, 5.74) is 0. The zero-order chi connectivity index (χ0) is 39.9. The zero-order valence-electron chi connectivity index (χ0n) is 31.0. The number of hydrogen-bond donors (Lipinski definition) is 6. The Morgan fingerprint density at radius 1 is 0.464 bits per heavy atom. The van der Waals surface area contributed by atoms with Crippen LogP contribution in [0, 0.1) is 17.8 Å². The second-order valence-electron chi connectivity index (χ2n) is 15.1. The largest absolute Gasteiger partial charge is 0.481 e. The van der Waals surface area contributed by atoms with Crippen LogP contribution >= 0.6 is 0 Å². The molecule has 2 atom stereocenters. The molecule has 0 spiro atoms. The summed E-state index contributed by atoms with van der Waals surface area (Å²) in [6.45, 7) is 11.4. The highest BCUT2D eigenvalue weighted by Gasteiger charge is 2.50. The van der Waals surface area contributed by atoms with Gasteiger partial charge in [0.05, 0.1) is 0 Å². The van der Waals surface area contributed by atoms with Crippen LogP contribution in [-0.2, 0) is 41.1 Å². The van der Waals surface area contributed by atoms with Gasteiger partial charge in [-0.15, -0.1) is 0 Å². The molecular formula is C37H72O15Si4. The van der Waals surface area contributed by atoms with Crippen LogP contribution in [0.1, 0.15) is 87.5 Å². The Bertz CT molecular complexity index is 1330. The van der Waals surface area contributed by atoms with Gasteiger partial charge in [0, 0.05) is 38.5 Å². The molecule has 0 bridgehead atoms. The summed E-state index contributed by atoms with van der Waals surface area (Å²) in [4.78, 5) is 69.1. The van der Waals surface area contributed by atoms with Gasteiger partial charge in [-0.3, -0.25) is 28.8 Å². The third-order valence-corrected chi connectivity index (χ3v) is 25.3. The van der Waals surface area contributed by atoms with Crippen LogP contribution in [-0.4, -0.2) is 100 Å². The van der Waals surface area contributed by atoms with Crippen LogP contribution in [0.3, 0.4) is 0 Å². The molecule has 19 heteroatoms. The van der Waals surface area contributed by atoms with E-state index in [4.69, 9.17) is 12.3 Å². The van der Waals surface area contributed by atoms with Gasteiger partial charge in [-0.05, 0) is 99.6 Å². The Kier molecular flexibility index (Phi) is 28.3. The standard InChI is InChI=1S/C33H56O15Si4.4CH4/c1-49(2,15-12-24(18-28(34)35)19-29(36)37)46-51(5,17-14-26(22-32(42)43)23-33(44)45)48-52(6,27-10-8-7-9-11-27)47-50(3,4)16-13-25(20-30(38)39)21-31(40)41;;;;/h7-11,24-26H,12-23H2,1-6H3,(H,34,35)(H,36,37)(H,38,39)(H,40,41)(H,42,43)(H,44,45);4*1H4. The van der Waals surface area contributed by atoms with E-state index < -0.39 is 87.3 Å². The maximum atomic E-state index is 11.6. The third kappa shape index (κ3) is 25.1. The number of carbonyl (C=O) groups is 6. The summed E-state index contributed by atoms with van der Waals surface area (Å²) in [7, 11) is -12.4. The van der Waals surface area contributed by atoms with Gasteiger partial charge in [0.25, 0.3) is 0 Å². The highest BCUT2D eigenvalue weighted by molar-refractivity contribution is 6.95. The molecule has 6 N–H and O–H groups in total. The SMILES string of the molecule is C.C.C.C.C[Si](C)(CCC(CC(=O)O)CC(=O)O)O[Si](C)(CCC(CC(=O)O)CC(=O)O)O[Si](C)(O[Si](C)(C)CCC(CC(=O)O)CC(=O)O)c1ccccc1. The molecule has 0 aromatic heterocycles. The van der Waals surface area contributed by atoms with Gasteiger partial charge in [0.1, 0.15) is 0 Å². The molecule has 0 aliphatic carbocycles. The lowest BCUT2D eigenvalue weighted by atomic mass is 9.99. The maximum absolute atomic E-state index is 11.6. The lowest BCUT2D eigenvalue weighted by molar-refractivity contribution is -0.142. The molecule has 0 saturated heterocycles. The predicted octanol–water partition coefficient (Wildman–Crippen LogP) is 7.91. The van der Waals surface area contributed by atoms with Gasteiger partial charge in [0.15, 0.2) is 16.6 Å². The van der Waals surface area contributed by atoms with Crippen LogP contribution < -0.4 is 5.19 Å². The Morgan fingerprint density at radius 3 is 1.05 bits per heavy atom. The summed E-state index contributed by atoms with van der Waals surface area (Å²) in [5.74, 6) is -8.62. The molecule has 1 aromatic carbocycles. The van der Waals surface area contributed by atoms with Crippen molar-refractivity contribution >= 4 is 74.8 Å². The van der Waals surface area contributed by atoms with Crippen molar-refractivity contribution in [3.63, 3.8) is 0 Å². The Balaban J connectivity index is -0.00000338. The Hall–Kier alpha value is -3.21. The number of hydrogen-bond acceptors (Lipinski definition) is 9. The fourth-order valence-corrected chi connectivity index (χ4v) is 26.3. The third-order valence-electron chi connectivity index (χ3n) is 8.77. The molecule has 0 aliphatic heterocycles. The molecule has 0 radical (unpaired) electrons. The van der Waals surface area contributed by atoms with E-state index in [1.807, 2.05) is 69.6 Å². The minimum atomic E-state index is -3.46. The monoisotopic (exact) mass is 868 g/mol. The average molecular weight is 869 g/mol. The van der Waals surface area contributed by atoms with Crippen molar-refractivity contribution in [1.29, 1.82) is 0 Å². The first-order chi connectivity index (χ1) is 23.8. The predicted molar refractivity (Wildman–Crippen MR) is 227 cm³/mol. The second-order valence-corrected chi connectivity index (χ2v) is 30.8. The fourth-order valence-electron chi connectivity index (χ4n) is 6.51. The van der Waals surface area contributed by atoms with E-state index in [1.54, 1.807) is 0 Å². The maximum Gasteiger partial charge on any atom is 0.350 e. The second kappa shape index (κ2) is 26.7. The van der Waals surface area contributed by atoms with E-state index in [0.29, 0.717) is 18.5 Å². The van der Waals surface area contributed by atoms with Crippen LogP contribution in [0.15, 0.2) is 30.3 Å². The van der Waals surface area contributed by atoms with E-state index in [0.717, 1.165) is 5.19 Å². The van der Waals surface area contributed by atoms with E-state index in [1.165, 1.54) is 0 Å². The topological polar surface area (TPSA) is 251 Å². The molecule has 1 aromatic rings. The molecule has 0 saturated carbocycles. The lowest BCUT2D eigenvalue weighted by Crippen LogP contribution is -2.64. The molecular weight excluding hydrogens is 797 g/mol. The molecule has 0 heterocycles. The normalized spacial score (nSPS) is 13.5. The zero-order valence-corrected chi connectivity index (χ0v) is 35.0. The van der Waals surface area contributed by atoms with Crippen molar-refractivity contribution < 1.29 is 71.8 Å². The first kappa shape index (κ1) is 59.5. The van der Waals surface area contributed by atoms with Crippen LogP contribution in [0.25, 0.3) is 0 Å². The summed E-state index contributed by atoms with van der Waals surface area (Å²) in [6, 6.07) is 10.3. The number of carboxylic acids is 6. The van der Waals surface area contributed by atoms with E-state index in [2.05, 4.69) is 0 Å². The van der Waals surface area contributed by atoms with Gasteiger partial charge >= 0.3 is 52.9 Å². The highest BCUT2D eigenvalue weighted by Crippen LogP contribution is 2.34. The lowest BCUT2D eigenvalue weighted by Gasteiger charge is -2.44. The number of benzene rings is 1. The minimum Gasteiger partial charge on any atom is -0.481 e. The van der Waals surface area contributed by atoms with Crippen molar-refractivity contribution in [2.24, 2.45) is 17.8 Å². The van der Waals surface area contributed by atoms with Gasteiger partial charge in [-0.2, -0.15) is 0 Å². The number of aliphatic carboxylic acids is 6. The molecule has 2 unspecified atom stereocenters. The molecule has 15 nitrogen and oxygen atoms in total. The van der Waals surface area contributed by atoms with E-state index in [9.17, 15) is 59.4 Å². The summed E-state index contributed by atoms with van der Waals surface area (Å²) < 4.78 is 21.1. The van der Waals surface area contributed by atoms with Gasteiger partial charge in [0.2, 0.25) is 0 Å². The molecule has 0 amide bonds. The first-order valence-electron chi connectivity index (χ1n) is 17.3. The van der Waals surface area contributed by atoms with Crippen LogP contribution in [0.5, 0.6) is 0 Å². The quantitative estimate of drug-likeness (QED) is 0.0438. The molecule has 1 rings (SSSR count). The minimum absolute atomic E-state index is 0. The summed E-state index contributed by atoms with van der Waals surface area (Å²) >= 11 is 0. The van der Waals surface area contributed by atoms with Gasteiger partial charge < -0.3 is 43.0 Å². The van der Waals surface area contributed by atoms with Crippen LogP contribution in [0.4, 0.5) is 0 Å².